The number of nitrogens with one attached hydrogen (secondary N) is 1. The van der Waals surface area contributed by atoms with Gasteiger partial charge in [0.05, 0.1) is 5.69 Å². The molecule has 1 saturated heterocycles. The van der Waals surface area contributed by atoms with Crippen LogP contribution in [0.5, 0.6) is 0 Å². The summed E-state index contributed by atoms with van der Waals surface area (Å²) in [7, 11) is 0. The Kier molecular flexibility index (Phi) is 4.68. The van der Waals surface area contributed by atoms with E-state index in [1.807, 2.05) is 0 Å². The fourth-order valence-corrected chi connectivity index (χ4v) is 3.68. The summed E-state index contributed by atoms with van der Waals surface area (Å²) in [6, 6.07) is 9.30. The molecule has 0 aliphatic carbocycles. The molecule has 112 valence electrons. The van der Waals surface area contributed by atoms with Gasteiger partial charge in [-0.25, -0.2) is 4.98 Å². The van der Waals surface area contributed by atoms with E-state index in [9.17, 15) is 0 Å². The molecule has 1 atom stereocenters. The van der Waals surface area contributed by atoms with Crippen molar-refractivity contribution in [3.05, 3.63) is 40.9 Å². The van der Waals surface area contributed by atoms with Gasteiger partial charge in [-0.15, -0.1) is 11.3 Å². The summed E-state index contributed by atoms with van der Waals surface area (Å²) in [5.41, 5.74) is 3.72. The zero-order valence-electron chi connectivity index (χ0n) is 12.8. The molecule has 3 rings (SSSR count). The van der Waals surface area contributed by atoms with E-state index in [2.05, 4.69) is 53.7 Å². The number of rotatable bonds is 5. The first-order valence-corrected chi connectivity index (χ1v) is 8.60. The third kappa shape index (κ3) is 3.51. The predicted molar refractivity (Wildman–Crippen MR) is 89.6 cm³/mol. The maximum absolute atomic E-state index is 4.83. The van der Waals surface area contributed by atoms with Gasteiger partial charge in [0.1, 0.15) is 5.01 Å². The first-order valence-electron chi connectivity index (χ1n) is 7.72. The molecule has 3 nitrogen and oxygen atoms in total. The standard InChI is InChI=1S/C17H23N3S/c1-3-20(16-8-9-18-10-16)11-15-12-21-17(19-15)14-6-4-13(2)5-7-14/h4-7,12,16,18H,3,8-11H2,1-2H3. The highest BCUT2D eigenvalue weighted by Gasteiger charge is 2.21. The Hall–Kier alpha value is -1.23. The fraction of sp³-hybridized carbons (Fsp3) is 0.471. The van der Waals surface area contributed by atoms with E-state index < -0.39 is 0 Å². The van der Waals surface area contributed by atoms with Crippen LogP contribution >= 0.6 is 11.3 Å². The molecule has 1 aromatic carbocycles. The van der Waals surface area contributed by atoms with E-state index in [1.165, 1.54) is 23.2 Å². The monoisotopic (exact) mass is 301 g/mol. The van der Waals surface area contributed by atoms with E-state index in [0.717, 1.165) is 31.2 Å². The van der Waals surface area contributed by atoms with Crippen LogP contribution in [0.4, 0.5) is 0 Å². The SMILES string of the molecule is CCN(Cc1csc(-c2ccc(C)cc2)n1)C1CCNC1. The number of aromatic nitrogens is 1. The molecule has 0 bridgehead atoms. The third-order valence-corrected chi connectivity index (χ3v) is 5.11. The van der Waals surface area contributed by atoms with Crippen LogP contribution in [-0.2, 0) is 6.54 Å². The van der Waals surface area contributed by atoms with Crippen LogP contribution in [0, 0.1) is 6.92 Å². The summed E-state index contributed by atoms with van der Waals surface area (Å²) in [5.74, 6) is 0. The molecular formula is C17H23N3S. The van der Waals surface area contributed by atoms with Gasteiger partial charge in [0.2, 0.25) is 0 Å². The van der Waals surface area contributed by atoms with Crippen molar-refractivity contribution in [2.45, 2.75) is 32.9 Å². The summed E-state index contributed by atoms with van der Waals surface area (Å²) >= 11 is 1.75. The molecule has 0 saturated carbocycles. The number of benzene rings is 1. The molecule has 1 aliphatic rings. The van der Waals surface area contributed by atoms with E-state index in [-0.39, 0.29) is 0 Å². The number of nitrogens with zero attached hydrogens (tertiary/aromatic N) is 2. The molecule has 2 heterocycles. The topological polar surface area (TPSA) is 28.2 Å². The van der Waals surface area contributed by atoms with Gasteiger partial charge in [-0.2, -0.15) is 0 Å². The van der Waals surface area contributed by atoms with Crippen LogP contribution in [0.2, 0.25) is 0 Å². The largest absolute Gasteiger partial charge is 0.315 e. The molecule has 1 fully saturated rings. The maximum Gasteiger partial charge on any atom is 0.123 e. The second-order valence-corrected chi connectivity index (χ2v) is 6.58. The van der Waals surface area contributed by atoms with E-state index in [4.69, 9.17) is 4.98 Å². The average Bonchev–Trinajstić information content (AvgIpc) is 3.17. The van der Waals surface area contributed by atoms with Crippen LogP contribution in [-0.4, -0.2) is 35.6 Å². The Morgan fingerprint density at radius 2 is 2.14 bits per heavy atom. The van der Waals surface area contributed by atoms with Crippen LogP contribution in [0.3, 0.4) is 0 Å². The van der Waals surface area contributed by atoms with E-state index in [1.54, 1.807) is 11.3 Å². The molecule has 21 heavy (non-hydrogen) atoms. The Balaban J connectivity index is 1.70. The summed E-state index contributed by atoms with van der Waals surface area (Å²) in [4.78, 5) is 7.36. The molecule has 1 unspecified atom stereocenters. The molecule has 2 aromatic rings. The number of likely N-dealkylation sites (N-methyl/N-ethyl adjacent to an activating group) is 1. The van der Waals surface area contributed by atoms with Crippen molar-refractivity contribution in [3.63, 3.8) is 0 Å². The number of thiazole rings is 1. The zero-order chi connectivity index (χ0) is 14.7. The molecular weight excluding hydrogens is 278 g/mol. The van der Waals surface area contributed by atoms with Crippen molar-refractivity contribution in [1.82, 2.24) is 15.2 Å². The molecule has 0 amide bonds. The lowest BCUT2D eigenvalue weighted by molar-refractivity contribution is 0.208. The normalized spacial score (nSPS) is 18.5. The predicted octanol–water partition coefficient (Wildman–Crippen LogP) is 3.30. The van der Waals surface area contributed by atoms with Gasteiger partial charge in [0, 0.05) is 30.1 Å². The number of hydrogen-bond acceptors (Lipinski definition) is 4. The highest BCUT2D eigenvalue weighted by molar-refractivity contribution is 7.13. The van der Waals surface area contributed by atoms with Gasteiger partial charge >= 0.3 is 0 Å². The van der Waals surface area contributed by atoms with Gasteiger partial charge in [-0.05, 0) is 26.4 Å². The van der Waals surface area contributed by atoms with Crippen molar-refractivity contribution < 1.29 is 0 Å². The lowest BCUT2D eigenvalue weighted by Crippen LogP contribution is -2.36. The minimum atomic E-state index is 0.666. The molecule has 1 N–H and O–H groups in total. The lowest BCUT2D eigenvalue weighted by atomic mass is 10.2. The summed E-state index contributed by atoms with van der Waals surface area (Å²) in [6.07, 6.45) is 1.25. The Morgan fingerprint density at radius 3 is 2.81 bits per heavy atom. The van der Waals surface area contributed by atoms with Crippen LogP contribution in [0.15, 0.2) is 29.6 Å². The molecule has 4 heteroatoms. The minimum absolute atomic E-state index is 0.666. The van der Waals surface area contributed by atoms with Gasteiger partial charge in [-0.3, -0.25) is 4.90 Å². The lowest BCUT2D eigenvalue weighted by Gasteiger charge is -2.25. The first-order chi connectivity index (χ1) is 10.3. The van der Waals surface area contributed by atoms with Crippen molar-refractivity contribution in [3.8, 4) is 10.6 Å². The van der Waals surface area contributed by atoms with Gasteiger partial charge in [-0.1, -0.05) is 36.8 Å². The maximum atomic E-state index is 4.83. The fourth-order valence-electron chi connectivity index (χ4n) is 2.87. The number of aryl methyl sites for hydroxylation is 1. The highest BCUT2D eigenvalue weighted by atomic mass is 32.1. The van der Waals surface area contributed by atoms with Crippen LogP contribution in [0.25, 0.3) is 10.6 Å². The summed E-state index contributed by atoms with van der Waals surface area (Å²) in [6.45, 7) is 8.67. The van der Waals surface area contributed by atoms with Crippen LogP contribution < -0.4 is 5.32 Å². The molecule has 1 aliphatic heterocycles. The zero-order valence-corrected chi connectivity index (χ0v) is 13.6. The third-order valence-electron chi connectivity index (χ3n) is 4.17. The molecule has 0 radical (unpaired) electrons. The highest BCUT2D eigenvalue weighted by Crippen LogP contribution is 2.25. The second kappa shape index (κ2) is 6.69. The number of hydrogen-bond donors (Lipinski definition) is 1. The average molecular weight is 301 g/mol. The van der Waals surface area contributed by atoms with Crippen molar-refractivity contribution in [2.75, 3.05) is 19.6 Å². The van der Waals surface area contributed by atoms with E-state index >= 15 is 0 Å². The Morgan fingerprint density at radius 1 is 1.33 bits per heavy atom. The first kappa shape index (κ1) is 14.7. The Bertz CT molecular complexity index is 570. The van der Waals surface area contributed by atoms with Crippen molar-refractivity contribution in [1.29, 1.82) is 0 Å². The molecule has 1 aromatic heterocycles. The van der Waals surface area contributed by atoms with Gasteiger partial charge in [0.15, 0.2) is 0 Å². The van der Waals surface area contributed by atoms with Gasteiger partial charge in [0.25, 0.3) is 0 Å². The molecule has 0 spiro atoms. The van der Waals surface area contributed by atoms with Crippen molar-refractivity contribution >= 4 is 11.3 Å². The summed E-state index contributed by atoms with van der Waals surface area (Å²) in [5, 5.41) is 6.79. The minimum Gasteiger partial charge on any atom is -0.315 e. The quantitative estimate of drug-likeness (QED) is 0.918. The summed E-state index contributed by atoms with van der Waals surface area (Å²) < 4.78 is 0. The Labute approximate surface area is 131 Å². The van der Waals surface area contributed by atoms with Crippen molar-refractivity contribution in [2.24, 2.45) is 0 Å². The van der Waals surface area contributed by atoms with Crippen LogP contribution in [0.1, 0.15) is 24.6 Å². The smallest absolute Gasteiger partial charge is 0.123 e. The van der Waals surface area contributed by atoms with Gasteiger partial charge < -0.3 is 5.32 Å². The van der Waals surface area contributed by atoms with E-state index in [0.29, 0.717) is 6.04 Å². The second-order valence-electron chi connectivity index (χ2n) is 5.72.